The molecule has 0 saturated carbocycles. The van der Waals surface area contributed by atoms with Gasteiger partial charge in [-0.3, -0.25) is 4.79 Å². The molecule has 1 unspecified atom stereocenters. The van der Waals surface area contributed by atoms with Crippen LogP contribution in [0, 0.1) is 11.6 Å². The van der Waals surface area contributed by atoms with Gasteiger partial charge in [0.15, 0.2) is 5.75 Å². The third kappa shape index (κ3) is 3.74. The summed E-state index contributed by atoms with van der Waals surface area (Å²) in [5.74, 6) is -4.52. The van der Waals surface area contributed by atoms with Crippen molar-refractivity contribution in [2.24, 2.45) is 0 Å². The van der Waals surface area contributed by atoms with E-state index in [1.54, 1.807) is 0 Å². The smallest absolute Gasteiger partial charge is 0.320 e. The number of sulfonamides is 1. The molecule has 0 spiro atoms. The zero-order valence-electron chi connectivity index (χ0n) is 9.35. The van der Waals surface area contributed by atoms with Crippen LogP contribution < -0.4 is 4.72 Å². The lowest BCUT2D eigenvalue weighted by molar-refractivity contribution is -0.134. The maximum absolute atomic E-state index is 13.3. The van der Waals surface area contributed by atoms with Crippen molar-refractivity contribution in [1.29, 1.82) is 0 Å². The number of carboxylic acid groups (broad SMARTS) is 1. The van der Waals surface area contributed by atoms with E-state index in [0.29, 0.717) is 0 Å². The largest absolute Gasteiger partial charge is 0.480 e. The molecule has 1 rings (SSSR count). The van der Waals surface area contributed by atoms with E-state index >= 15 is 0 Å². The van der Waals surface area contributed by atoms with Crippen LogP contribution in [0.2, 0.25) is 0 Å². The molecule has 0 aliphatic heterocycles. The van der Waals surface area contributed by atoms with Gasteiger partial charge < -0.3 is 5.11 Å². The number of carboxylic acids is 1. The second-order valence-electron chi connectivity index (χ2n) is 3.63. The Hall–Kier alpha value is -1.54. The minimum atomic E-state index is -4.14. The summed E-state index contributed by atoms with van der Waals surface area (Å²) in [6.45, 7) is 1.22. The Morgan fingerprint density at radius 3 is 2.33 bits per heavy atom. The Labute approximate surface area is 102 Å². The maximum atomic E-state index is 13.3. The molecular weight excluding hydrogens is 268 g/mol. The topological polar surface area (TPSA) is 83.5 Å². The molecule has 0 aromatic heterocycles. The highest BCUT2D eigenvalue weighted by molar-refractivity contribution is 7.90. The van der Waals surface area contributed by atoms with E-state index in [1.165, 1.54) is 6.92 Å². The summed E-state index contributed by atoms with van der Waals surface area (Å²) in [7, 11) is -4.14. The van der Waals surface area contributed by atoms with Crippen molar-refractivity contribution in [3.05, 3.63) is 35.4 Å². The van der Waals surface area contributed by atoms with E-state index < -0.39 is 45.0 Å². The zero-order chi connectivity index (χ0) is 13.9. The summed E-state index contributed by atoms with van der Waals surface area (Å²) >= 11 is 0. The fourth-order valence-electron chi connectivity index (χ4n) is 1.46. The second kappa shape index (κ2) is 5.40. The van der Waals surface area contributed by atoms with E-state index in [0.717, 1.165) is 18.2 Å². The second-order valence-corrected chi connectivity index (χ2v) is 5.38. The van der Waals surface area contributed by atoms with Crippen LogP contribution >= 0.6 is 0 Å². The summed E-state index contributed by atoms with van der Waals surface area (Å²) in [6.07, 6.45) is 0. The van der Waals surface area contributed by atoms with Crippen LogP contribution in [0.3, 0.4) is 0 Å². The Balaban J connectivity index is 2.96. The van der Waals surface area contributed by atoms with Gasteiger partial charge in [-0.25, -0.2) is 21.9 Å². The van der Waals surface area contributed by atoms with Gasteiger partial charge in [0.2, 0.25) is 10.0 Å². The lowest BCUT2D eigenvalue weighted by atomic mass is 10.1. The minimum absolute atomic E-state index is 0.452. The monoisotopic (exact) mass is 279 g/mol. The minimum Gasteiger partial charge on any atom is -0.480 e. The molecule has 0 heterocycles. The Kier molecular flexibility index (Phi) is 4.36. The van der Waals surface area contributed by atoms with Crippen LogP contribution in [0.1, 0.15) is 18.5 Å². The molecule has 5 nitrogen and oxygen atoms in total. The molecule has 1 aromatic carbocycles. The molecule has 0 saturated heterocycles. The molecular formula is C10H11F2NO4S. The highest BCUT2D eigenvalue weighted by Crippen LogP contribution is 2.20. The molecule has 1 aromatic rings. The first-order valence-corrected chi connectivity index (χ1v) is 6.54. The molecule has 0 aliphatic rings. The summed E-state index contributed by atoms with van der Waals surface area (Å²) in [4.78, 5) is 10.3. The average molecular weight is 279 g/mol. The molecule has 0 bridgehead atoms. The van der Waals surface area contributed by atoms with E-state index in [9.17, 15) is 22.0 Å². The molecule has 100 valence electrons. The Bertz CT molecular complexity index is 539. The number of benzene rings is 1. The fraction of sp³-hybridized carbons (Fsp3) is 0.300. The number of aliphatic carboxylic acids is 1. The number of hydrogen-bond donors (Lipinski definition) is 2. The Morgan fingerprint density at radius 2 is 1.89 bits per heavy atom. The van der Waals surface area contributed by atoms with Gasteiger partial charge in [-0.05, 0) is 19.1 Å². The summed E-state index contributed by atoms with van der Waals surface area (Å²) in [6, 6.07) is 1.92. The number of halogens is 2. The molecule has 0 fully saturated rings. The van der Waals surface area contributed by atoms with Crippen LogP contribution in [0.5, 0.6) is 0 Å². The SMILES string of the molecule is CC(NS(=O)(=O)CC(=O)O)c1c(F)cccc1F. The molecule has 1 atom stereocenters. The molecule has 2 N–H and O–H groups in total. The normalized spacial score (nSPS) is 13.3. The van der Waals surface area contributed by atoms with Gasteiger partial charge in [-0.1, -0.05) is 6.07 Å². The van der Waals surface area contributed by atoms with E-state index in [2.05, 4.69) is 0 Å². The van der Waals surface area contributed by atoms with E-state index in [1.807, 2.05) is 4.72 Å². The quantitative estimate of drug-likeness (QED) is 0.843. The molecule has 18 heavy (non-hydrogen) atoms. The zero-order valence-corrected chi connectivity index (χ0v) is 10.2. The summed E-state index contributed by atoms with van der Waals surface area (Å²) < 4.78 is 51.2. The maximum Gasteiger partial charge on any atom is 0.320 e. The van der Waals surface area contributed by atoms with Crippen molar-refractivity contribution >= 4 is 16.0 Å². The van der Waals surface area contributed by atoms with E-state index in [4.69, 9.17) is 5.11 Å². The van der Waals surface area contributed by atoms with Crippen LogP contribution in [-0.2, 0) is 14.8 Å². The molecule has 0 amide bonds. The van der Waals surface area contributed by atoms with Crippen LogP contribution in [0.4, 0.5) is 8.78 Å². The predicted octanol–water partition coefficient (Wildman–Crippen LogP) is 1.03. The third-order valence-electron chi connectivity index (χ3n) is 2.10. The lowest BCUT2D eigenvalue weighted by Gasteiger charge is -2.15. The highest BCUT2D eigenvalue weighted by Gasteiger charge is 2.23. The number of hydrogen-bond acceptors (Lipinski definition) is 3. The molecule has 0 aliphatic carbocycles. The van der Waals surface area contributed by atoms with Gasteiger partial charge in [-0.2, -0.15) is 0 Å². The first kappa shape index (κ1) is 14.5. The number of nitrogens with one attached hydrogen (secondary N) is 1. The van der Waals surface area contributed by atoms with Gasteiger partial charge in [0.05, 0.1) is 0 Å². The lowest BCUT2D eigenvalue weighted by Crippen LogP contribution is -2.32. The number of rotatable bonds is 5. The first-order chi connectivity index (χ1) is 8.23. The third-order valence-corrected chi connectivity index (χ3v) is 3.44. The Morgan fingerprint density at radius 1 is 1.39 bits per heavy atom. The summed E-state index contributed by atoms with van der Waals surface area (Å²) in [5, 5.41) is 8.37. The van der Waals surface area contributed by atoms with Crippen molar-refractivity contribution in [3.8, 4) is 0 Å². The van der Waals surface area contributed by atoms with Crippen molar-refractivity contribution in [2.45, 2.75) is 13.0 Å². The van der Waals surface area contributed by atoms with Crippen LogP contribution in [-0.4, -0.2) is 25.2 Å². The highest BCUT2D eigenvalue weighted by atomic mass is 32.2. The van der Waals surface area contributed by atoms with Crippen molar-refractivity contribution in [2.75, 3.05) is 5.75 Å². The first-order valence-electron chi connectivity index (χ1n) is 4.88. The average Bonchev–Trinajstić information content (AvgIpc) is 2.13. The van der Waals surface area contributed by atoms with Crippen LogP contribution in [0.15, 0.2) is 18.2 Å². The standard InChI is InChI=1S/C10H11F2NO4S/c1-6(13-18(16,17)5-9(14)15)10-7(11)3-2-4-8(10)12/h2-4,6,13H,5H2,1H3,(H,14,15). The molecule has 8 heteroatoms. The predicted molar refractivity (Wildman–Crippen MR) is 59.3 cm³/mol. The summed E-state index contributed by atoms with van der Waals surface area (Å²) in [5.41, 5.74) is -0.452. The van der Waals surface area contributed by atoms with E-state index in [-0.39, 0.29) is 0 Å². The van der Waals surface area contributed by atoms with Crippen LogP contribution in [0.25, 0.3) is 0 Å². The van der Waals surface area contributed by atoms with Crippen molar-refractivity contribution < 1.29 is 27.1 Å². The van der Waals surface area contributed by atoms with Gasteiger partial charge in [0.1, 0.15) is 11.6 Å². The van der Waals surface area contributed by atoms with Gasteiger partial charge >= 0.3 is 5.97 Å². The van der Waals surface area contributed by atoms with Crippen molar-refractivity contribution in [1.82, 2.24) is 4.72 Å². The number of carbonyl (C=O) groups is 1. The molecule has 0 radical (unpaired) electrons. The van der Waals surface area contributed by atoms with Crippen molar-refractivity contribution in [3.63, 3.8) is 0 Å². The fourth-order valence-corrected chi connectivity index (χ4v) is 2.52. The van der Waals surface area contributed by atoms with Gasteiger partial charge in [0.25, 0.3) is 0 Å². The van der Waals surface area contributed by atoms with Gasteiger partial charge in [0, 0.05) is 11.6 Å². The van der Waals surface area contributed by atoms with Gasteiger partial charge in [-0.15, -0.1) is 0 Å².